The molecule has 2 aromatic rings. The van der Waals surface area contributed by atoms with Crippen LogP contribution >= 0.6 is 11.3 Å². The minimum Gasteiger partial charge on any atom is -0.383 e. The van der Waals surface area contributed by atoms with Crippen molar-refractivity contribution in [2.45, 2.75) is 12.8 Å². The number of aromatic nitrogens is 2. The molecule has 2 rings (SSSR count). The van der Waals surface area contributed by atoms with Crippen LogP contribution in [-0.2, 0) is 17.6 Å². The zero-order valence-corrected chi connectivity index (χ0v) is 12.6. The molecule has 0 amide bonds. The number of ether oxygens (including phenoxy) is 1. The van der Waals surface area contributed by atoms with Crippen LogP contribution < -0.4 is 5.32 Å². The summed E-state index contributed by atoms with van der Waals surface area (Å²) in [6.07, 6.45) is 1.11. The summed E-state index contributed by atoms with van der Waals surface area (Å²) in [5, 5.41) is 13.0. The van der Waals surface area contributed by atoms with Gasteiger partial charge in [0.1, 0.15) is 21.6 Å². The summed E-state index contributed by atoms with van der Waals surface area (Å²) < 4.78 is 31.3. The molecule has 0 spiro atoms. The Hall–Kier alpha value is -1.44. The largest absolute Gasteiger partial charge is 0.383 e. The molecule has 0 unspecified atom stereocenters. The Balaban J connectivity index is 1.85. The minimum atomic E-state index is -0.573. The molecule has 1 heterocycles. The van der Waals surface area contributed by atoms with E-state index in [0.29, 0.717) is 18.6 Å². The Kier molecular flexibility index (Phi) is 6.16. The predicted molar refractivity (Wildman–Crippen MR) is 77.5 cm³/mol. The van der Waals surface area contributed by atoms with E-state index in [0.717, 1.165) is 35.6 Å². The average molecular weight is 313 g/mol. The molecule has 0 atom stereocenters. The molecule has 0 radical (unpaired) electrons. The summed E-state index contributed by atoms with van der Waals surface area (Å²) in [6.45, 7) is 2.26. The van der Waals surface area contributed by atoms with Gasteiger partial charge in [-0.3, -0.25) is 0 Å². The lowest BCUT2D eigenvalue weighted by molar-refractivity contribution is 0.199. The van der Waals surface area contributed by atoms with Gasteiger partial charge in [0, 0.05) is 39.1 Å². The average Bonchev–Trinajstić information content (AvgIpc) is 2.89. The summed E-state index contributed by atoms with van der Waals surface area (Å²) in [7, 11) is 1.66. The lowest BCUT2D eigenvalue weighted by Gasteiger charge is -2.01. The van der Waals surface area contributed by atoms with Gasteiger partial charge in [-0.2, -0.15) is 0 Å². The zero-order valence-electron chi connectivity index (χ0n) is 11.7. The van der Waals surface area contributed by atoms with Crippen LogP contribution in [0.1, 0.15) is 15.6 Å². The van der Waals surface area contributed by atoms with Crippen LogP contribution in [0.15, 0.2) is 18.2 Å². The van der Waals surface area contributed by atoms with Crippen molar-refractivity contribution in [2.24, 2.45) is 0 Å². The summed E-state index contributed by atoms with van der Waals surface area (Å²) in [6, 6.07) is 3.58. The molecule has 0 aliphatic carbocycles. The fraction of sp³-hybridized carbons (Fsp3) is 0.429. The van der Waals surface area contributed by atoms with Gasteiger partial charge in [0.05, 0.1) is 6.61 Å². The van der Waals surface area contributed by atoms with Crippen molar-refractivity contribution < 1.29 is 13.5 Å². The molecule has 21 heavy (non-hydrogen) atoms. The molecule has 7 heteroatoms. The molecule has 4 nitrogen and oxygen atoms in total. The van der Waals surface area contributed by atoms with Crippen LogP contribution in [0.3, 0.4) is 0 Å². The summed E-state index contributed by atoms with van der Waals surface area (Å²) in [5.74, 6) is -1.12. The Morgan fingerprint density at radius 1 is 1.19 bits per heavy atom. The first kappa shape index (κ1) is 15.9. The number of halogens is 2. The summed E-state index contributed by atoms with van der Waals surface area (Å²) >= 11 is 1.45. The van der Waals surface area contributed by atoms with Crippen molar-refractivity contribution in [2.75, 3.05) is 26.8 Å². The van der Waals surface area contributed by atoms with Gasteiger partial charge < -0.3 is 10.1 Å². The minimum absolute atomic E-state index is 0.334. The van der Waals surface area contributed by atoms with Gasteiger partial charge in [-0.15, -0.1) is 21.5 Å². The molecule has 0 aliphatic heterocycles. The van der Waals surface area contributed by atoms with Crippen LogP contribution in [0.2, 0.25) is 0 Å². The van der Waals surface area contributed by atoms with Crippen LogP contribution in [-0.4, -0.2) is 37.0 Å². The molecule has 114 valence electrons. The van der Waals surface area contributed by atoms with Gasteiger partial charge in [-0.1, -0.05) is 6.07 Å². The predicted octanol–water partition coefficient (Wildman–Crippen LogP) is 2.19. The van der Waals surface area contributed by atoms with Gasteiger partial charge in [0.2, 0.25) is 0 Å². The quantitative estimate of drug-likeness (QED) is 0.759. The Labute approximate surface area is 126 Å². The van der Waals surface area contributed by atoms with E-state index in [2.05, 4.69) is 15.5 Å². The second-order valence-corrected chi connectivity index (χ2v) is 5.64. The van der Waals surface area contributed by atoms with E-state index in [1.54, 1.807) is 7.11 Å². The van der Waals surface area contributed by atoms with Crippen molar-refractivity contribution in [1.29, 1.82) is 0 Å². The molecular formula is C14H17F2N3OS. The van der Waals surface area contributed by atoms with Gasteiger partial charge in [0.15, 0.2) is 0 Å². The number of rotatable bonds is 8. The Morgan fingerprint density at radius 2 is 2.00 bits per heavy atom. The van der Waals surface area contributed by atoms with Crippen molar-refractivity contribution in [3.63, 3.8) is 0 Å². The van der Waals surface area contributed by atoms with E-state index < -0.39 is 11.6 Å². The smallest absolute Gasteiger partial charge is 0.129 e. The normalized spacial score (nSPS) is 11.0. The number of nitrogens with zero attached hydrogens (tertiary/aromatic N) is 2. The van der Waals surface area contributed by atoms with Crippen LogP contribution in [0.4, 0.5) is 8.78 Å². The van der Waals surface area contributed by atoms with E-state index in [-0.39, 0.29) is 0 Å². The van der Waals surface area contributed by atoms with Gasteiger partial charge in [-0.25, -0.2) is 8.78 Å². The van der Waals surface area contributed by atoms with Crippen molar-refractivity contribution in [3.8, 4) is 0 Å². The molecule has 0 fully saturated rings. The highest BCUT2D eigenvalue weighted by Gasteiger charge is 2.09. The molecule has 0 saturated heterocycles. The fourth-order valence-electron chi connectivity index (χ4n) is 1.78. The third-order valence-corrected chi connectivity index (χ3v) is 3.85. The maximum Gasteiger partial charge on any atom is 0.129 e. The number of methoxy groups -OCH3 is 1. The second kappa shape index (κ2) is 8.11. The van der Waals surface area contributed by atoms with E-state index in [1.165, 1.54) is 23.5 Å². The van der Waals surface area contributed by atoms with Crippen LogP contribution in [0, 0.1) is 11.6 Å². The molecule has 0 saturated carbocycles. The Bertz CT molecular complexity index is 577. The van der Waals surface area contributed by atoms with E-state index in [4.69, 9.17) is 4.74 Å². The van der Waals surface area contributed by atoms with Crippen molar-refractivity contribution >= 4 is 11.3 Å². The number of hydrogen-bond acceptors (Lipinski definition) is 5. The number of benzene rings is 1. The van der Waals surface area contributed by atoms with Gasteiger partial charge in [-0.05, 0) is 11.6 Å². The maximum absolute atomic E-state index is 13.6. The molecule has 0 aliphatic rings. The SMILES string of the molecule is COCCNCCc1nnc(Cc2ccc(F)cc2F)s1. The van der Waals surface area contributed by atoms with Gasteiger partial charge >= 0.3 is 0 Å². The first-order valence-electron chi connectivity index (χ1n) is 6.64. The van der Waals surface area contributed by atoms with Crippen molar-refractivity contribution in [1.82, 2.24) is 15.5 Å². The summed E-state index contributed by atoms with van der Waals surface area (Å²) in [4.78, 5) is 0. The third-order valence-electron chi connectivity index (χ3n) is 2.86. The van der Waals surface area contributed by atoms with Crippen molar-refractivity contribution in [3.05, 3.63) is 45.4 Å². The number of hydrogen-bond donors (Lipinski definition) is 1. The fourth-order valence-corrected chi connectivity index (χ4v) is 2.65. The molecule has 1 aromatic carbocycles. The highest BCUT2D eigenvalue weighted by molar-refractivity contribution is 7.11. The second-order valence-electron chi connectivity index (χ2n) is 4.49. The highest BCUT2D eigenvalue weighted by atomic mass is 32.1. The van der Waals surface area contributed by atoms with Crippen LogP contribution in [0.25, 0.3) is 0 Å². The Morgan fingerprint density at radius 3 is 2.76 bits per heavy atom. The lowest BCUT2D eigenvalue weighted by atomic mass is 10.1. The monoisotopic (exact) mass is 313 g/mol. The standard InChI is InChI=1S/C14H17F2N3OS/c1-20-7-6-17-5-4-13-18-19-14(21-13)8-10-2-3-11(15)9-12(10)16/h2-3,9,17H,4-8H2,1H3. The third kappa shape index (κ3) is 5.11. The first-order valence-corrected chi connectivity index (χ1v) is 7.45. The maximum atomic E-state index is 13.6. The van der Waals surface area contributed by atoms with E-state index in [9.17, 15) is 8.78 Å². The van der Waals surface area contributed by atoms with E-state index in [1.807, 2.05) is 0 Å². The highest BCUT2D eigenvalue weighted by Crippen LogP contribution is 2.17. The lowest BCUT2D eigenvalue weighted by Crippen LogP contribution is -2.21. The number of nitrogens with one attached hydrogen (secondary N) is 1. The van der Waals surface area contributed by atoms with E-state index >= 15 is 0 Å². The first-order chi connectivity index (χ1) is 10.2. The molecule has 1 aromatic heterocycles. The topological polar surface area (TPSA) is 47.0 Å². The zero-order chi connectivity index (χ0) is 15.1. The summed E-state index contributed by atoms with van der Waals surface area (Å²) in [5.41, 5.74) is 0.428. The van der Waals surface area contributed by atoms with Gasteiger partial charge in [0.25, 0.3) is 0 Å². The molecule has 0 bridgehead atoms. The molecule has 1 N–H and O–H groups in total. The molecular weight excluding hydrogens is 296 g/mol. The van der Waals surface area contributed by atoms with Crippen LogP contribution in [0.5, 0.6) is 0 Å².